The van der Waals surface area contributed by atoms with E-state index < -0.39 is 0 Å². The number of hydrogen-bond donors (Lipinski definition) is 1. The largest absolute Gasteiger partial charge is 0.364 e. The van der Waals surface area contributed by atoms with Crippen LogP contribution in [0.5, 0.6) is 0 Å². The van der Waals surface area contributed by atoms with Crippen molar-refractivity contribution in [3.8, 4) is 0 Å². The highest BCUT2D eigenvalue weighted by Gasteiger charge is 1.95. The van der Waals surface area contributed by atoms with Gasteiger partial charge >= 0.3 is 0 Å². The minimum Gasteiger partial charge on any atom is -0.364 e. The molecule has 2 aromatic heterocycles. The second-order valence-corrected chi connectivity index (χ2v) is 3.33. The van der Waals surface area contributed by atoms with Crippen LogP contribution in [0, 0.1) is 6.92 Å². The third kappa shape index (κ3) is 2.74. The average molecular weight is 200 g/mol. The summed E-state index contributed by atoms with van der Waals surface area (Å²) >= 11 is 0. The van der Waals surface area contributed by atoms with Crippen molar-refractivity contribution in [3.63, 3.8) is 0 Å². The molecule has 15 heavy (non-hydrogen) atoms. The Balaban J connectivity index is 1.99. The maximum atomic E-state index is 3.98. The van der Waals surface area contributed by atoms with Gasteiger partial charge in [0.2, 0.25) is 0 Å². The molecule has 0 spiro atoms. The predicted octanol–water partition coefficient (Wildman–Crippen LogP) is 1.79. The van der Waals surface area contributed by atoms with Gasteiger partial charge in [-0.15, -0.1) is 5.10 Å². The summed E-state index contributed by atoms with van der Waals surface area (Å²) in [6, 6.07) is 5.90. The van der Waals surface area contributed by atoms with Crippen LogP contribution >= 0.6 is 0 Å². The fraction of sp³-hybridized carbons (Fsp3) is 0.182. The average Bonchev–Trinajstić information content (AvgIpc) is 2.28. The van der Waals surface area contributed by atoms with E-state index in [2.05, 4.69) is 20.5 Å². The molecule has 0 saturated heterocycles. The van der Waals surface area contributed by atoms with Gasteiger partial charge in [0.1, 0.15) is 5.82 Å². The zero-order valence-electron chi connectivity index (χ0n) is 8.51. The Kier molecular flexibility index (Phi) is 2.88. The lowest BCUT2D eigenvalue weighted by molar-refractivity contribution is 0.986. The Hall–Kier alpha value is -1.97. The van der Waals surface area contributed by atoms with E-state index >= 15 is 0 Å². The van der Waals surface area contributed by atoms with Crippen molar-refractivity contribution in [2.45, 2.75) is 13.5 Å². The van der Waals surface area contributed by atoms with Crippen LogP contribution in [0.1, 0.15) is 11.1 Å². The predicted molar refractivity (Wildman–Crippen MR) is 58.3 cm³/mol. The summed E-state index contributed by atoms with van der Waals surface area (Å²) in [5, 5.41) is 11.0. The number of pyridine rings is 1. The topological polar surface area (TPSA) is 50.7 Å². The van der Waals surface area contributed by atoms with Gasteiger partial charge in [-0.2, -0.15) is 5.10 Å². The quantitative estimate of drug-likeness (QED) is 0.820. The molecule has 0 aromatic carbocycles. The number of rotatable bonds is 3. The fourth-order valence-electron chi connectivity index (χ4n) is 1.24. The molecule has 0 fully saturated rings. The van der Waals surface area contributed by atoms with Crippen LogP contribution in [0.4, 0.5) is 5.82 Å². The normalized spacial score (nSPS) is 9.93. The molecule has 0 aliphatic rings. The van der Waals surface area contributed by atoms with Crippen LogP contribution < -0.4 is 5.32 Å². The van der Waals surface area contributed by atoms with E-state index in [0.29, 0.717) is 0 Å². The van der Waals surface area contributed by atoms with E-state index in [9.17, 15) is 0 Å². The first-order valence-corrected chi connectivity index (χ1v) is 4.77. The molecule has 0 atom stereocenters. The highest BCUT2D eigenvalue weighted by Crippen LogP contribution is 2.05. The lowest BCUT2D eigenvalue weighted by Crippen LogP contribution is -2.02. The zero-order valence-corrected chi connectivity index (χ0v) is 8.51. The maximum Gasteiger partial charge on any atom is 0.149 e. The van der Waals surface area contributed by atoms with E-state index in [1.54, 1.807) is 18.6 Å². The first kappa shape index (κ1) is 9.58. The molecule has 4 nitrogen and oxygen atoms in total. The van der Waals surface area contributed by atoms with Gasteiger partial charge in [-0.05, 0) is 36.2 Å². The Morgan fingerprint density at radius 3 is 2.80 bits per heavy atom. The van der Waals surface area contributed by atoms with Gasteiger partial charge < -0.3 is 5.32 Å². The molecule has 0 bridgehead atoms. The molecule has 0 radical (unpaired) electrons. The van der Waals surface area contributed by atoms with Gasteiger partial charge in [0.15, 0.2) is 0 Å². The smallest absolute Gasteiger partial charge is 0.149 e. The summed E-state index contributed by atoms with van der Waals surface area (Å²) in [6.45, 7) is 2.73. The fourth-order valence-corrected chi connectivity index (χ4v) is 1.24. The van der Waals surface area contributed by atoms with Gasteiger partial charge in [-0.3, -0.25) is 4.98 Å². The summed E-state index contributed by atoms with van der Waals surface area (Å²) in [7, 11) is 0. The second kappa shape index (κ2) is 4.50. The summed E-state index contributed by atoms with van der Waals surface area (Å²) in [6.07, 6.45) is 5.29. The van der Waals surface area contributed by atoms with E-state index in [-0.39, 0.29) is 0 Å². The molecule has 2 heterocycles. The monoisotopic (exact) mass is 200 g/mol. The number of aryl methyl sites for hydroxylation is 1. The highest BCUT2D eigenvalue weighted by molar-refractivity contribution is 5.35. The van der Waals surface area contributed by atoms with E-state index in [1.165, 1.54) is 5.56 Å². The number of anilines is 1. The molecule has 0 saturated carbocycles. The molecule has 2 rings (SSSR count). The first-order valence-electron chi connectivity index (χ1n) is 4.77. The zero-order chi connectivity index (χ0) is 10.5. The lowest BCUT2D eigenvalue weighted by Gasteiger charge is -2.04. The summed E-state index contributed by atoms with van der Waals surface area (Å²) in [4.78, 5) is 3.96. The van der Waals surface area contributed by atoms with Crippen molar-refractivity contribution in [1.82, 2.24) is 15.2 Å². The SMILES string of the molecule is Cc1cnnc(NCc2ccncc2)c1. The van der Waals surface area contributed by atoms with E-state index in [4.69, 9.17) is 0 Å². The number of nitrogens with zero attached hydrogens (tertiary/aromatic N) is 3. The Labute approximate surface area is 88.4 Å². The molecule has 0 aliphatic carbocycles. The van der Waals surface area contributed by atoms with E-state index in [1.807, 2.05) is 25.1 Å². The van der Waals surface area contributed by atoms with Crippen molar-refractivity contribution in [2.75, 3.05) is 5.32 Å². The molecule has 1 N–H and O–H groups in total. The molecule has 4 heteroatoms. The van der Waals surface area contributed by atoms with Gasteiger partial charge in [0.05, 0.1) is 6.20 Å². The third-order valence-electron chi connectivity index (χ3n) is 2.01. The molecule has 2 aromatic rings. The van der Waals surface area contributed by atoms with Crippen molar-refractivity contribution >= 4 is 5.82 Å². The van der Waals surface area contributed by atoms with Gasteiger partial charge in [-0.1, -0.05) is 0 Å². The standard InChI is InChI=1S/C11H12N4/c1-9-6-11(15-14-7-9)13-8-10-2-4-12-5-3-10/h2-7H,8H2,1H3,(H,13,15). The van der Waals surface area contributed by atoms with Crippen LogP contribution in [-0.2, 0) is 6.54 Å². The Morgan fingerprint density at radius 2 is 2.07 bits per heavy atom. The minimum absolute atomic E-state index is 0.737. The van der Waals surface area contributed by atoms with Crippen LogP contribution in [0.2, 0.25) is 0 Å². The number of hydrogen-bond acceptors (Lipinski definition) is 4. The summed E-state index contributed by atoms with van der Waals surface area (Å²) < 4.78 is 0. The number of aromatic nitrogens is 3. The molecule has 76 valence electrons. The summed E-state index contributed by atoms with van der Waals surface area (Å²) in [5.74, 6) is 0.798. The molecule has 0 aliphatic heterocycles. The van der Waals surface area contributed by atoms with Crippen molar-refractivity contribution in [2.24, 2.45) is 0 Å². The second-order valence-electron chi connectivity index (χ2n) is 3.33. The van der Waals surface area contributed by atoms with Gasteiger partial charge in [0.25, 0.3) is 0 Å². The van der Waals surface area contributed by atoms with Gasteiger partial charge in [-0.25, -0.2) is 0 Å². The highest BCUT2D eigenvalue weighted by atomic mass is 15.2. The first-order chi connectivity index (χ1) is 7.34. The van der Waals surface area contributed by atoms with Crippen molar-refractivity contribution in [3.05, 3.63) is 47.9 Å². The summed E-state index contributed by atoms with van der Waals surface area (Å²) in [5.41, 5.74) is 2.27. The van der Waals surface area contributed by atoms with Crippen LogP contribution in [0.15, 0.2) is 36.8 Å². The Bertz CT molecular complexity index is 428. The maximum absolute atomic E-state index is 3.98. The third-order valence-corrected chi connectivity index (χ3v) is 2.01. The van der Waals surface area contributed by atoms with Crippen LogP contribution in [0.3, 0.4) is 0 Å². The molecule has 0 unspecified atom stereocenters. The molecular weight excluding hydrogens is 188 g/mol. The van der Waals surface area contributed by atoms with E-state index in [0.717, 1.165) is 17.9 Å². The number of nitrogens with one attached hydrogen (secondary N) is 1. The van der Waals surface area contributed by atoms with Crippen LogP contribution in [-0.4, -0.2) is 15.2 Å². The van der Waals surface area contributed by atoms with Crippen molar-refractivity contribution < 1.29 is 0 Å². The molecule has 0 amide bonds. The Morgan fingerprint density at radius 1 is 1.27 bits per heavy atom. The van der Waals surface area contributed by atoms with Gasteiger partial charge in [0, 0.05) is 18.9 Å². The minimum atomic E-state index is 0.737. The molecular formula is C11H12N4. The van der Waals surface area contributed by atoms with Crippen molar-refractivity contribution in [1.29, 1.82) is 0 Å². The van der Waals surface area contributed by atoms with Crippen LogP contribution in [0.25, 0.3) is 0 Å². The lowest BCUT2D eigenvalue weighted by atomic mass is 10.2.